The Morgan fingerprint density at radius 2 is 2.00 bits per heavy atom. The summed E-state index contributed by atoms with van der Waals surface area (Å²) in [7, 11) is 3.80. The van der Waals surface area contributed by atoms with Gasteiger partial charge in [-0.15, -0.1) is 0 Å². The normalized spacial score (nSPS) is 11.8. The zero-order valence-electron chi connectivity index (χ0n) is 18.0. The molecule has 0 aliphatic heterocycles. The molecule has 0 aliphatic rings. The van der Waals surface area contributed by atoms with Crippen LogP contribution in [0.3, 0.4) is 0 Å². The lowest BCUT2D eigenvalue weighted by Gasteiger charge is -2.20. The van der Waals surface area contributed by atoms with E-state index in [9.17, 15) is 27.2 Å². The van der Waals surface area contributed by atoms with E-state index in [1.54, 1.807) is 6.92 Å². The predicted octanol–water partition coefficient (Wildman–Crippen LogP) is 4.38. The topological polar surface area (TPSA) is 91.6 Å². The quantitative estimate of drug-likeness (QED) is 0.410. The van der Waals surface area contributed by atoms with Gasteiger partial charge in [0.2, 0.25) is 6.41 Å². The Morgan fingerprint density at radius 1 is 1.27 bits per heavy atom. The number of hydrogen-bond acceptors (Lipinski definition) is 6. The Morgan fingerprint density at radius 3 is 2.64 bits per heavy atom. The van der Waals surface area contributed by atoms with Crippen LogP contribution in [0.5, 0.6) is 0 Å². The molecule has 3 aromatic rings. The number of halogens is 4. The van der Waals surface area contributed by atoms with E-state index in [0.717, 1.165) is 12.6 Å². The number of urea groups is 1. The van der Waals surface area contributed by atoms with Crippen LogP contribution < -0.4 is 10.2 Å². The summed E-state index contributed by atoms with van der Waals surface area (Å²) in [5, 5.41) is 6.63. The van der Waals surface area contributed by atoms with Crippen molar-refractivity contribution in [2.24, 2.45) is 0 Å². The van der Waals surface area contributed by atoms with Crippen molar-refractivity contribution in [2.45, 2.75) is 25.9 Å². The summed E-state index contributed by atoms with van der Waals surface area (Å²) < 4.78 is 57.7. The number of hydrogen-bond donors (Lipinski definition) is 1. The number of imide groups is 1. The molecule has 0 saturated carbocycles. The molecule has 2 heterocycles. The number of pyridine rings is 1. The van der Waals surface area contributed by atoms with E-state index in [4.69, 9.17) is 4.52 Å². The van der Waals surface area contributed by atoms with Gasteiger partial charge in [-0.1, -0.05) is 5.16 Å². The van der Waals surface area contributed by atoms with Crippen molar-refractivity contribution in [3.63, 3.8) is 0 Å². The van der Waals surface area contributed by atoms with E-state index in [0.29, 0.717) is 46.5 Å². The summed E-state index contributed by atoms with van der Waals surface area (Å²) in [6.45, 7) is 2.41. The first-order chi connectivity index (χ1) is 15.5. The second-order valence-corrected chi connectivity index (χ2v) is 7.57. The Kier molecular flexibility index (Phi) is 6.96. The number of amides is 3. The highest BCUT2D eigenvalue weighted by Gasteiger charge is 2.34. The monoisotopic (exact) mass is 467 g/mol. The highest BCUT2D eigenvalue weighted by Crippen LogP contribution is 2.34. The van der Waals surface area contributed by atoms with Crippen molar-refractivity contribution in [3.8, 4) is 0 Å². The Balaban J connectivity index is 1.97. The predicted molar refractivity (Wildman–Crippen MR) is 112 cm³/mol. The number of carbonyl (C=O) groups is 2. The maximum Gasteiger partial charge on any atom is 0.419 e. The number of benzene rings is 1. The van der Waals surface area contributed by atoms with Crippen LogP contribution in [0.2, 0.25) is 0 Å². The number of aromatic nitrogens is 2. The number of nitrogens with zero attached hydrogens (tertiary/aromatic N) is 4. The van der Waals surface area contributed by atoms with E-state index in [1.807, 2.05) is 19.0 Å². The summed E-state index contributed by atoms with van der Waals surface area (Å²) >= 11 is 0. The summed E-state index contributed by atoms with van der Waals surface area (Å²) in [6.07, 6.45) is -2.34. The zero-order chi connectivity index (χ0) is 24.3. The molecule has 3 amide bonds. The summed E-state index contributed by atoms with van der Waals surface area (Å²) in [6, 6.07) is 0.980. The molecule has 33 heavy (non-hydrogen) atoms. The second-order valence-electron chi connectivity index (χ2n) is 7.57. The van der Waals surface area contributed by atoms with Crippen molar-refractivity contribution in [2.75, 3.05) is 30.9 Å². The van der Waals surface area contributed by atoms with Crippen LogP contribution in [0.15, 0.2) is 28.9 Å². The van der Waals surface area contributed by atoms with Crippen molar-refractivity contribution in [1.29, 1.82) is 0 Å². The van der Waals surface area contributed by atoms with Gasteiger partial charge in [0.25, 0.3) is 5.71 Å². The maximum atomic E-state index is 13.6. The maximum absolute atomic E-state index is 13.6. The minimum absolute atomic E-state index is 0.137. The van der Waals surface area contributed by atoms with E-state index in [1.165, 1.54) is 6.20 Å². The van der Waals surface area contributed by atoms with Gasteiger partial charge in [0.05, 0.1) is 28.5 Å². The fourth-order valence-electron chi connectivity index (χ4n) is 3.37. The molecule has 0 spiro atoms. The molecule has 0 aliphatic carbocycles. The van der Waals surface area contributed by atoms with Crippen molar-refractivity contribution in [3.05, 3.63) is 47.0 Å². The summed E-state index contributed by atoms with van der Waals surface area (Å²) in [5.74, 6) is -1.48. The number of aryl methyl sites for hydroxylation is 2. The first kappa shape index (κ1) is 24.1. The van der Waals surface area contributed by atoms with Gasteiger partial charge >= 0.3 is 12.2 Å². The van der Waals surface area contributed by atoms with Gasteiger partial charge in [0.15, 0.2) is 0 Å². The Bertz CT molecular complexity index is 1180. The van der Waals surface area contributed by atoms with Gasteiger partial charge < -0.3 is 14.7 Å². The molecule has 0 fully saturated rings. The molecule has 1 N–H and O–H groups in total. The molecule has 0 radical (unpaired) electrons. The van der Waals surface area contributed by atoms with Gasteiger partial charge in [0, 0.05) is 5.69 Å². The van der Waals surface area contributed by atoms with Gasteiger partial charge in [0.1, 0.15) is 5.82 Å². The Hall–Kier alpha value is -3.54. The number of alkyl halides is 3. The number of anilines is 2. The minimum atomic E-state index is -4.95. The number of fused-ring (bicyclic) bond motifs is 1. The number of carbonyl (C=O) groups excluding carboxylic acids is 2. The second kappa shape index (κ2) is 9.53. The zero-order valence-corrected chi connectivity index (χ0v) is 18.0. The van der Waals surface area contributed by atoms with Crippen LogP contribution >= 0.6 is 0 Å². The van der Waals surface area contributed by atoms with Crippen LogP contribution in [0.25, 0.3) is 11.1 Å². The van der Waals surface area contributed by atoms with Crippen LogP contribution in [-0.2, 0) is 17.4 Å². The highest BCUT2D eigenvalue weighted by molar-refractivity contribution is 6.13. The fourth-order valence-corrected chi connectivity index (χ4v) is 3.37. The van der Waals surface area contributed by atoms with Crippen LogP contribution in [0, 0.1) is 12.7 Å². The lowest BCUT2D eigenvalue weighted by atomic mass is 10.0. The lowest BCUT2D eigenvalue weighted by molar-refractivity contribution is -0.139. The molecule has 0 unspecified atom stereocenters. The summed E-state index contributed by atoms with van der Waals surface area (Å²) in [4.78, 5) is 31.4. The molecule has 0 atom stereocenters. The van der Waals surface area contributed by atoms with Crippen molar-refractivity contribution < 1.29 is 31.7 Å². The van der Waals surface area contributed by atoms with Crippen molar-refractivity contribution >= 4 is 34.9 Å². The van der Waals surface area contributed by atoms with E-state index >= 15 is 0 Å². The molecule has 12 heteroatoms. The third-order valence-corrected chi connectivity index (χ3v) is 4.90. The van der Waals surface area contributed by atoms with Gasteiger partial charge in [-0.05, 0) is 64.2 Å². The molecular weight excluding hydrogens is 446 g/mol. The first-order valence-corrected chi connectivity index (χ1v) is 9.83. The molecular formula is C21H21F4N5O3. The van der Waals surface area contributed by atoms with Crippen LogP contribution in [0.4, 0.5) is 33.7 Å². The molecule has 176 valence electrons. The van der Waals surface area contributed by atoms with E-state index < -0.39 is 23.6 Å². The molecule has 1 aromatic carbocycles. The highest BCUT2D eigenvalue weighted by atomic mass is 19.4. The molecule has 8 nitrogen and oxygen atoms in total. The van der Waals surface area contributed by atoms with E-state index in [2.05, 4.69) is 15.5 Å². The van der Waals surface area contributed by atoms with Crippen LogP contribution in [-0.4, -0.2) is 48.1 Å². The summed E-state index contributed by atoms with van der Waals surface area (Å²) in [5.41, 5.74) is -0.402. The SMILES string of the molecule is Cc1noc2ncc(N(C=O)C(=O)Nc3ccc(F)c(C(F)(F)F)c3)c(CCCN(C)C)c12. The minimum Gasteiger partial charge on any atom is -0.336 e. The lowest BCUT2D eigenvalue weighted by Crippen LogP contribution is -2.34. The Labute approximate surface area is 186 Å². The largest absolute Gasteiger partial charge is 0.419 e. The first-order valence-electron chi connectivity index (χ1n) is 9.83. The fraction of sp³-hybridized carbons (Fsp3) is 0.333. The third-order valence-electron chi connectivity index (χ3n) is 4.90. The van der Waals surface area contributed by atoms with Gasteiger partial charge in [-0.25, -0.2) is 19.1 Å². The average Bonchev–Trinajstić information content (AvgIpc) is 3.11. The smallest absolute Gasteiger partial charge is 0.336 e. The molecule has 2 aromatic heterocycles. The van der Waals surface area contributed by atoms with Crippen LogP contribution in [0.1, 0.15) is 23.2 Å². The van der Waals surface area contributed by atoms with Gasteiger partial charge in [-0.3, -0.25) is 4.79 Å². The number of rotatable bonds is 7. The standard InChI is InChI=1S/C21H21F4N5O3/c1-12-18-14(5-4-8-29(2)3)17(10-26-19(18)33-28-12)30(11-31)20(32)27-13-6-7-16(22)15(9-13)21(23,24)25/h6-7,9-11H,4-5,8H2,1-3H3,(H,27,32). The van der Waals surface area contributed by atoms with Gasteiger partial charge in [-0.2, -0.15) is 13.2 Å². The van der Waals surface area contributed by atoms with E-state index in [-0.39, 0.29) is 23.5 Å². The molecule has 0 bridgehead atoms. The average molecular weight is 467 g/mol. The number of nitrogens with one attached hydrogen (secondary N) is 1. The third kappa shape index (κ3) is 5.28. The molecule has 0 saturated heterocycles. The van der Waals surface area contributed by atoms with Crippen molar-refractivity contribution in [1.82, 2.24) is 15.0 Å². The molecule has 3 rings (SSSR count).